The van der Waals surface area contributed by atoms with Gasteiger partial charge in [0, 0.05) is 16.1 Å². The fourth-order valence-corrected chi connectivity index (χ4v) is 1.93. The Labute approximate surface area is 87.8 Å². The standard InChI is InChI=1S/C8H4BrCl2N/c9-5-3-12-8-4(5)1-2-6(10)7(8)11/h1-3,12H. The molecular formula is C8H4BrCl2N. The minimum Gasteiger partial charge on any atom is -0.359 e. The van der Waals surface area contributed by atoms with Crippen molar-refractivity contribution in [3.8, 4) is 0 Å². The summed E-state index contributed by atoms with van der Waals surface area (Å²) in [6, 6.07) is 3.70. The lowest BCUT2D eigenvalue weighted by Gasteiger charge is -1.96. The number of fused-ring (bicyclic) bond motifs is 1. The van der Waals surface area contributed by atoms with E-state index in [2.05, 4.69) is 20.9 Å². The Bertz CT molecular complexity index is 436. The van der Waals surface area contributed by atoms with E-state index < -0.39 is 0 Å². The van der Waals surface area contributed by atoms with Crippen LogP contribution in [0.3, 0.4) is 0 Å². The normalized spacial score (nSPS) is 10.9. The summed E-state index contributed by atoms with van der Waals surface area (Å²) in [5, 5.41) is 2.18. The molecule has 62 valence electrons. The molecule has 2 aromatic rings. The molecule has 1 aromatic heterocycles. The third-order valence-electron chi connectivity index (χ3n) is 1.70. The Balaban J connectivity index is 2.93. The highest BCUT2D eigenvalue weighted by molar-refractivity contribution is 9.10. The van der Waals surface area contributed by atoms with Gasteiger partial charge >= 0.3 is 0 Å². The lowest BCUT2D eigenvalue weighted by molar-refractivity contribution is 1.47. The maximum Gasteiger partial charge on any atom is 0.0833 e. The summed E-state index contributed by atoms with van der Waals surface area (Å²) in [5.41, 5.74) is 0.871. The van der Waals surface area contributed by atoms with Crippen LogP contribution in [-0.2, 0) is 0 Å². The van der Waals surface area contributed by atoms with Gasteiger partial charge in [-0.15, -0.1) is 0 Å². The second kappa shape index (κ2) is 2.95. The van der Waals surface area contributed by atoms with Crippen LogP contribution in [0.1, 0.15) is 0 Å². The van der Waals surface area contributed by atoms with Crippen LogP contribution < -0.4 is 0 Å². The first-order chi connectivity index (χ1) is 5.70. The van der Waals surface area contributed by atoms with Crippen LogP contribution in [0, 0.1) is 0 Å². The van der Waals surface area contributed by atoms with Crippen LogP contribution in [0.2, 0.25) is 10.0 Å². The molecule has 0 unspecified atom stereocenters. The second-order valence-electron chi connectivity index (χ2n) is 2.42. The van der Waals surface area contributed by atoms with Crippen LogP contribution in [0.5, 0.6) is 0 Å². The summed E-state index contributed by atoms with van der Waals surface area (Å²) in [6.07, 6.45) is 1.84. The lowest BCUT2D eigenvalue weighted by Crippen LogP contribution is -1.72. The number of nitrogens with one attached hydrogen (secondary N) is 1. The average molecular weight is 265 g/mol. The number of hydrogen-bond acceptors (Lipinski definition) is 0. The van der Waals surface area contributed by atoms with E-state index in [0.717, 1.165) is 15.4 Å². The molecule has 1 heterocycles. The van der Waals surface area contributed by atoms with Gasteiger partial charge in [-0.1, -0.05) is 29.3 Å². The zero-order chi connectivity index (χ0) is 8.72. The van der Waals surface area contributed by atoms with Crippen molar-refractivity contribution < 1.29 is 0 Å². The van der Waals surface area contributed by atoms with Crippen molar-refractivity contribution in [1.82, 2.24) is 4.98 Å². The second-order valence-corrected chi connectivity index (χ2v) is 4.06. The van der Waals surface area contributed by atoms with Gasteiger partial charge in [-0.05, 0) is 22.0 Å². The zero-order valence-electron chi connectivity index (χ0n) is 5.87. The predicted octanol–water partition coefficient (Wildman–Crippen LogP) is 4.24. The summed E-state index contributed by atoms with van der Waals surface area (Å²) < 4.78 is 0.996. The van der Waals surface area contributed by atoms with Gasteiger partial charge in [-0.25, -0.2) is 0 Å². The molecule has 0 aliphatic heterocycles. The first kappa shape index (κ1) is 8.42. The van der Waals surface area contributed by atoms with E-state index in [9.17, 15) is 0 Å². The van der Waals surface area contributed by atoms with E-state index in [1.165, 1.54) is 0 Å². The molecular weight excluding hydrogens is 261 g/mol. The Kier molecular flexibility index (Phi) is 2.07. The fourth-order valence-electron chi connectivity index (χ4n) is 1.10. The zero-order valence-corrected chi connectivity index (χ0v) is 8.96. The molecule has 0 saturated carbocycles. The summed E-state index contributed by atoms with van der Waals surface area (Å²) in [5.74, 6) is 0. The maximum absolute atomic E-state index is 5.96. The number of rotatable bonds is 0. The van der Waals surface area contributed by atoms with E-state index >= 15 is 0 Å². The summed E-state index contributed by atoms with van der Waals surface area (Å²) >= 11 is 15.2. The van der Waals surface area contributed by atoms with E-state index in [1.807, 2.05) is 12.3 Å². The summed E-state index contributed by atoms with van der Waals surface area (Å²) in [6.45, 7) is 0. The summed E-state index contributed by atoms with van der Waals surface area (Å²) in [4.78, 5) is 3.03. The van der Waals surface area contributed by atoms with E-state index in [-0.39, 0.29) is 0 Å². The van der Waals surface area contributed by atoms with Crippen LogP contribution >= 0.6 is 39.1 Å². The van der Waals surface area contributed by atoms with Crippen molar-refractivity contribution in [3.63, 3.8) is 0 Å². The molecule has 0 aliphatic carbocycles. The van der Waals surface area contributed by atoms with Crippen LogP contribution in [-0.4, -0.2) is 4.98 Å². The number of aromatic amines is 1. The molecule has 0 radical (unpaired) electrons. The minimum atomic E-state index is 0.568. The van der Waals surface area contributed by atoms with E-state index in [0.29, 0.717) is 10.0 Å². The molecule has 0 amide bonds. The van der Waals surface area contributed by atoms with E-state index in [1.54, 1.807) is 6.07 Å². The third kappa shape index (κ3) is 1.15. The van der Waals surface area contributed by atoms with E-state index in [4.69, 9.17) is 23.2 Å². The van der Waals surface area contributed by atoms with Gasteiger partial charge in [0.25, 0.3) is 0 Å². The molecule has 12 heavy (non-hydrogen) atoms. The Morgan fingerprint density at radius 2 is 2.00 bits per heavy atom. The van der Waals surface area contributed by atoms with Crippen molar-refractivity contribution in [2.75, 3.05) is 0 Å². The van der Waals surface area contributed by atoms with Crippen molar-refractivity contribution in [1.29, 1.82) is 0 Å². The topological polar surface area (TPSA) is 15.8 Å². The quantitative estimate of drug-likeness (QED) is 0.733. The number of aromatic nitrogens is 1. The number of hydrogen-bond donors (Lipinski definition) is 1. The van der Waals surface area contributed by atoms with Gasteiger partial charge in [-0.2, -0.15) is 0 Å². The molecule has 0 atom stereocenters. The van der Waals surface area contributed by atoms with Crippen LogP contribution in [0.4, 0.5) is 0 Å². The van der Waals surface area contributed by atoms with Crippen molar-refractivity contribution in [2.45, 2.75) is 0 Å². The average Bonchev–Trinajstić information content (AvgIpc) is 2.41. The third-order valence-corrected chi connectivity index (χ3v) is 3.16. The predicted molar refractivity (Wildman–Crippen MR) is 56.0 cm³/mol. The number of halogens is 3. The highest BCUT2D eigenvalue weighted by Gasteiger charge is 2.06. The maximum atomic E-state index is 5.96. The fraction of sp³-hybridized carbons (Fsp3) is 0. The SMILES string of the molecule is Clc1ccc2c(Br)c[nH]c2c1Cl. The molecule has 0 saturated heterocycles. The molecule has 0 spiro atoms. The molecule has 1 nitrogen and oxygen atoms in total. The molecule has 0 bridgehead atoms. The number of H-pyrrole nitrogens is 1. The molecule has 2 rings (SSSR count). The largest absolute Gasteiger partial charge is 0.359 e. The van der Waals surface area contributed by atoms with Crippen molar-refractivity contribution >= 4 is 50.0 Å². The molecule has 1 aromatic carbocycles. The van der Waals surface area contributed by atoms with Gasteiger partial charge in [0.15, 0.2) is 0 Å². The Morgan fingerprint density at radius 1 is 1.25 bits per heavy atom. The van der Waals surface area contributed by atoms with Crippen molar-refractivity contribution in [3.05, 3.63) is 32.8 Å². The highest BCUT2D eigenvalue weighted by atomic mass is 79.9. The molecule has 1 N–H and O–H groups in total. The first-order valence-electron chi connectivity index (χ1n) is 3.30. The minimum absolute atomic E-state index is 0.568. The molecule has 4 heteroatoms. The van der Waals surface area contributed by atoms with Gasteiger partial charge < -0.3 is 4.98 Å². The molecule has 0 aliphatic rings. The van der Waals surface area contributed by atoms with Crippen molar-refractivity contribution in [2.24, 2.45) is 0 Å². The highest BCUT2D eigenvalue weighted by Crippen LogP contribution is 2.33. The number of benzene rings is 1. The Hall–Kier alpha value is -0.180. The summed E-state index contributed by atoms with van der Waals surface area (Å²) in [7, 11) is 0. The first-order valence-corrected chi connectivity index (χ1v) is 4.85. The van der Waals surface area contributed by atoms with Gasteiger partial charge in [0.05, 0.1) is 15.6 Å². The van der Waals surface area contributed by atoms with Crippen LogP contribution in [0.15, 0.2) is 22.8 Å². The monoisotopic (exact) mass is 263 g/mol. The Morgan fingerprint density at radius 3 is 2.75 bits per heavy atom. The van der Waals surface area contributed by atoms with Gasteiger partial charge in [0.1, 0.15) is 0 Å². The molecule has 0 fully saturated rings. The lowest BCUT2D eigenvalue weighted by atomic mass is 10.2. The van der Waals surface area contributed by atoms with Gasteiger partial charge in [0.2, 0.25) is 0 Å². The smallest absolute Gasteiger partial charge is 0.0833 e. The van der Waals surface area contributed by atoms with Gasteiger partial charge in [-0.3, -0.25) is 0 Å². The van der Waals surface area contributed by atoms with Crippen LogP contribution in [0.25, 0.3) is 10.9 Å².